The molecule has 2 saturated heterocycles. The van der Waals surface area contributed by atoms with Crippen LogP contribution in [0.3, 0.4) is 0 Å². The van der Waals surface area contributed by atoms with Crippen LogP contribution in [0.4, 0.5) is 4.79 Å². The van der Waals surface area contributed by atoms with Crippen molar-refractivity contribution in [3.63, 3.8) is 0 Å². The summed E-state index contributed by atoms with van der Waals surface area (Å²) in [6.07, 6.45) is 2.08. The molecule has 124 valence electrons. The number of rotatable bonds is 1. The Bertz CT molecular complexity index is 627. The lowest BCUT2D eigenvalue weighted by atomic mass is 9.93. The quantitative estimate of drug-likeness (QED) is 0.788. The SMILES string of the molecule is CN(C)C(=O)N1CC(=O)NC[C@@]12CCN(C(=O)c1ccco1)C2. The van der Waals surface area contributed by atoms with Crippen molar-refractivity contribution in [2.45, 2.75) is 12.0 Å². The van der Waals surface area contributed by atoms with Crippen molar-refractivity contribution in [1.82, 2.24) is 20.0 Å². The van der Waals surface area contributed by atoms with Crippen molar-refractivity contribution in [1.29, 1.82) is 0 Å². The molecule has 0 bridgehead atoms. The molecule has 2 aliphatic rings. The Hall–Kier alpha value is -2.51. The minimum absolute atomic E-state index is 0.0137. The van der Waals surface area contributed by atoms with E-state index in [4.69, 9.17) is 4.42 Å². The van der Waals surface area contributed by atoms with Gasteiger partial charge in [0.15, 0.2) is 5.76 Å². The van der Waals surface area contributed by atoms with E-state index in [-0.39, 0.29) is 30.2 Å². The maximum absolute atomic E-state index is 12.5. The van der Waals surface area contributed by atoms with Crippen molar-refractivity contribution in [2.75, 3.05) is 40.3 Å². The Balaban J connectivity index is 1.81. The normalized spacial score (nSPS) is 24.0. The molecule has 3 rings (SSSR count). The molecule has 2 fully saturated rings. The van der Waals surface area contributed by atoms with Gasteiger partial charge in [0.1, 0.15) is 6.54 Å². The highest BCUT2D eigenvalue weighted by atomic mass is 16.3. The van der Waals surface area contributed by atoms with Gasteiger partial charge in [0.05, 0.1) is 11.8 Å². The Morgan fingerprint density at radius 1 is 1.39 bits per heavy atom. The van der Waals surface area contributed by atoms with Crippen LogP contribution in [0.25, 0.3) is 0 Å². The molecular weight excluding hydrogens is 300 g/mol. The number of hydrogen-bond acceptors (Lipinski definition) is 4. The van der Waals surface area contributed by atoms with Gasteiger partial charge in [-0.05, 0) is 18.6 Å². The number of piperazine rings is 1. The molecule has 8 nitrogen and oxygen atoms in total. The first-order chi connectivity index (χ1) is 10.9. The average Bonchev–Trinajstić information content (AvgIpc) is 3.19. The second-order valence-electron chi connectivity index (χ2n) is 6.22. The highest BCUT2D eigenvalue weighted by Gasteiger charge is 2.50. The van der Waals surface area contributed by atoms with Crippen LogP contribution in [-0.2, 0) is 4.79 Å². The van der Waals surface area contributed by atoms with Crippen LogP contribution in [0.5, 0.6) is 0 Å². The van der Waals surface area contributed by atoms with Gasteiger partial charge in [-0.2, -0.15) is 0 Å². The van der Waals surface area contributed by atoms with Crippen molar-refractivity contribution < 1.29 is 18.8 Å². The van der Waals surface area contributed by atoms with Gasteiger partial charge in [0, 0.05) is 33.7 Å². The predicted octanol–water partition coefficient (Wildman–Crippen LogP) is -0.0223. The zero-order chi connectivity index (χ0) is 16.6. The van der Waals surface area contributed by atoms with E-state index in [1.807, 2.05) is 0 Å². The molecule has 1 aromatic heterocycles. The third-order valence-corrected chi connectivity index (χ3v) is 4.45. The molecule has 8 heteroatoms. The molecule has 2 aliphatic heterocycles. The molecule has 1 aromatic rings. The number of urea groups is 1. The fraction of sp³-hybridized carbons (Fsp3) is 0.533. The van der Waals surface area contributed by atoms with E-state index in [9.17, 15) is 14.4 Å². The molecule has 0 unspecified atom stereocenters. The van der Waals surface area contributed by atoms with E-state index in [1.54, 1.807) is 36.0 Å². The fourth-order valence-electron chi connectivity index (χ4n) is 3.19. The number of carbonyl (C=O) groups excluding carboxylic acids is 3. The predicted molar refractivity (Wildman–Crippen MR) is 80.8 cm³/mol. The van der Waals surface area contributed by atoms with Crippen molar-refractivity contribution >= 4 is 17.8 Å². The van der Waals surface area contributed by atoms with Crippen LogP contribution in [0.15, 0.2) is 22.8 Å². The van der Waals surface area contributed by atoms with E-state index in [0.29, 0.717) is 26.1 Å². The van der Waals surface area contributed by atoms with E-state index in [0.717, 1.165) is 0 Å². The second-order valence-corrected chi connectivity index (χ2v) is 6.22. The third kappa shape index (κ3) is 2.64. The standard InChI is InChI=1S/C15H20N4O4/c1-17(2)14(22)19-8-12(20)16-9-15(19)5-6-18(10-15)13(21)11-4-3-7-23-11/h3-4,7H,5-6,8-10H2,1-2H3,(H,16,20)/t15-/m1/s1. The van der Waals surface area contributed by atoms with Gasteiger partial charge in [0.2, 0.25) is 5.91 Å². The molecule has 1 atom stereocenters. The molecule has 23 heavy (non-hydrogen) atoms. The number of hydrogen-bond donors (Lipinski definition) is 1. The van der Waals surface area contributed by atoms with Gasteiger partial charge >= 0.3 is 6.03 Å². The van der Waals surface area contributed by atoms with Crippen LogP contribution < -0.4 is 5.32 Å². The molecule has 0 radical (unpaired) electrons. The molecule has 1 N–H and O–H groups in total. The number of likely N-dealkylation sites (tertiary alicyclic amines) is 1. The van der Waals surface area contributed by atoms with Crippen molar-refractivity contribution in [3.05, 3.63) is 24.2 Å². The average molecular weight is 320 g/mol. The maximum atomic E-state index is 12.5. The molecule has 0 aromatic carbocycles. The Morgan fingerprint density at radius 2 is 2.17 bits per heavy atom. The van der Waals surface area contributed by atoms with Gasteiger partial charge in [0.25, 0.3) is 5.91 Å². The van der Waals surface area contributed by atoms with Crippen molar-refractivity contribution in [3.8, 4) is 0 Å². The topological polar surface area (TPSA) is 86.1 Å². The number of carbonyl (C=O) groups is 3. The summed E-state index contributed by atoms with van der Waals surface area (Å²) in [6.45, 7) is 1.27. The number of nitrogens with zero attached hydrogens (tertiary/aromatic N) is 3. The summed E-state index contributed by atoms with van der Waals surface area (Å²) in [6, 6.07) is 3.08. The fourth-order valence-corrected chi connectivity index (χ4v) is 3.19. The maximum Gasteiger partial charge on any atom is 0.320 e. The second kappa shape index (κ2) is 5.60. The first kappa shape index (κ1) is 15.4. The van der Waals surface area contributed by atoms with E-state index in [2.05, 4.69) is 5.32 Å². The van der Waals surface area contributed by atoms with Crippen LogP contribution in [0, 0.1) is 0 Å². The monoisotopic (exact) mass is 320 g/mol. The summed E-state index contributed by atoms with van der Waals surface area (Å²) in [4.78, 5) is 41.3. The van der Waals surface area contributed by atoms with Crippen LogP contribution in [0.2, 0.25) is 0 Å². The summed E-state index contributed by atoms with van der Waals surface area (Å²) < 4.78 is 5.16. The lowest BCUT2D eigenvalue weighted by Gasteiger charge is -2.45. The van der Waals surface area contributed by atoms with E-state index >= 15 is 0 Å². The van der Waals surface area contributed by atoms with Crippen LogP contribution in [0.1, 0.15) is 17.0 Å². The van der Waals surface area contributed by atoms with Crippen LogP contribution >= 0.6 is 0 Å². The first-order valence-corrected chi connectivity index (χ1v) is 7.51. The highest BCUT2D eigenvalue weighted by molar-refractivity contribution is 5.92. The van der Waals surface area contributed by atoms with Crippen molar-refractivity contribution in [2.24, 2.45) is 0 Å². The Morgan fingerprint density at radius 3 is 2.83 bits per heavy atom. The van der Waals surface area contributed by atoms with E-state index < -0.39 is 5.54 Å². The molecule has 0 aliphatic carbocycles. The minimum atomic E-state index is -0.558. The molecular formula is C15H20N4O4. The highest BCUT2D eigenvalue weighted by Crippen LogP contribution is 2.31. The van der Waals surface area contributed by atoms with Gasteiger partial charge in [-0.1, -0.05) is 0 Å². The largest absolute Gasteiger partial charge is 0.459 e. The number of furan rings is 1. The zero-order valence-electron chi connectivity index (χ0n) is 13.2. The third-order valence-electron chi connectivity index (χ3n) is 4.45. The molecule has 4 amide bonds. The van der Waals surface area contributed by atoms with Gasteiger partial charge in [-0.15, -0.1) is 0 Å². The summed E-state index contributed by atoms with van der Waals surface area (Å²) in [5.41, 5.74) is -0.558. The summed E-state index contributed by atoms with van der Waals surface area (Å²) >= 11 is 0. The molecule has 0 saturated carbocycles. The summed E-state index contributed by atoms with van der Waals surface area (Å²) in [7, 11) is 3.31. The summed E-state index contributed by atoms with van der Waals surface area (Å²) in [5.74, 6) is -0.0879. The van der Waals surface area contributed by atoms with Gasteiger partial charge in [-0.25, -0.2) is 4.79 Å². The summed E-state index contributed by atoms with van der Waals surface area (Å²) in [5, 5.41) is 2.82. The lowest BCUT2D eigenvalue weighted by molar-refractivity contribution is -0.126. The smallest absolute Gasteiger partial charge is 0.320 e. The van der Waals surface area contributed by atoms with Gasteiger partial charge < -0.3 is 24.4 Å². The Kier molecular flexibility index (Phi) is 3.75. The van der Waals surface area contributed by atoms with Crippen LogP contribution in [-0.4, -0.2) is 78.4 Å². The molecule has 3 heterocycles. The van der Waals surface area contributed by atoms with E-state index in [1.165, 1.54) is 11.2 Å². The lowest BCUT2D eigenvalue weighted by Crippen LogP contribution is -2.67. The zero-order valence-corrected chi connectivity index (χ0v) is 13.2. The first-order valence-electron chi connectivity index (χ1n) is 7.51. The van der Waals surface area contributed by atoms with Gasteiger partial charge in [-0.3, -0.25) is 9.59 Å². The minimum Gasteiger partial charge on any atom is -0.459 e. The number of nitrogens with one attached hydrogen (secondary N) is 1. The molecule has 1 spiro atoms. The number of amides is 4. The Labute approximate surface area is 134 Å².